The van der Waals surface area contributed by atoms with Crippen molar-refractivity contribution in [1.29, 1.82) is 0 Å². The SMILES string of the molecule is Cc1ccc(CNC2CCC2)cc1C. The summed E-state index contributed by atoms with van der Waals surface area (Å²) in [6, 6.07) is 7.53. The number of hydrogen-bond donors (Lipinski definition) is 1. The van der Waals surface area contributed by atoms with Gasteiger partial charge in [-0.3, -0.25) is 0 Å². The highest BCUT2D eigenvalue weighted by Crippen LogP contribution is 2.18. The molecule has 1 saturated carbocycles. The Morgan fingerprint density at radius 2 is 2.00 bits per heavy atom. The highest BCUT2D eigenvalue weighted by Gasteiger charge is 2.15. The third kappa shape index (κ3) is 2.16. The predicted molar refractivity (Wildman–Crippen MR) is 60.4 cm³/mol. The Morgan fingerprint density at radius 3 is 2.57 bits per heavy atom. The van der Waals surface area contributed by atoms with Crippen LogP contribution in [0.5, 0.6) is 0 Å². The smallest absolute Gasteiger partial charge is 0.0208 e. The average Bonchev–Trinajstić information content (AvgIpc) is 2.08. The van der Waals surface area contributed by atoms with E-state index in [1.165, 1.54) is 36.0 Å². The molecule has 0 bridgehead atoms. The van der Waals surface area contributed by atoms with E-state index in [4.69, 9.17) is 0 Å². The third-order valence-electron chi connectivity index (χ3n) is 3.27. The van der Waals surface area contributed by atoms with Crippen LogP contribution in [0.3, 0.4) is 0 Å². The van der Waals surface area contributed by atoms with Gasteiger partial charge in [-0.2, -0.15) is 0 Å². The van der Waals surface area contributed by atoms with Crippen LogP contribution in [0.25, 0.3) is 0 Å². The molecule has 2 rings (SSSR count). The minimum Gasteiger partial charge on any atom is -0.310 e. The zero-order chi connectivity index (χ0) is 9.97. The van der Waals surface area contributed by atoms with Gasteiger partial charge in [-0.05, 0) is 43.4 Å². The van der Waals surface area contributed by atoms with Crippen LogP contribution >= 0.6 is 0 Å². The fourth-order valence-corrected chi connectivity index (χ4v) is 1.79. The van der Waals surface area contributed by atoms with Crippen molar-refractivity contribution in [2.45, 2.75) is 45.7 Å². The second kappa shape index (κ2) is 4.14. The molecule has 0 spiro atoms. The van der Waals surface area contributed by atoms with E-state index in [1.54, 1.807) is 0 Å². The molecule has 0 saturated heterocycles. The molecule has 0 atom stereocenters. The summed E-state index contributed by atoms with van der Waals surface area (Å²) in [7, 11) is 0. The Morgan fingerprint density at radius 1 is 1.21 bits per heavy atom. The standard InChI is InChI=1S/C13H19N/c1-10-6-7-12(8-11(10)2)9-14-13-4-3-5-13/h6-8,13-14H,3-5,9H2,1-2H3. The minimum absolute atomic E-state index is 0.789. The Labute approximate surface area is 86.5 Å². The summed E-state index contributed by atoms with van der Waals surface area (Å²) >= 11 is 0. The molecule has 0 aliphatic heterocycles. The summed E-state index contributed by atoms with van der Waals surface area (Å²) in [5.41, 5.74) is 4.20. The van der Waals surface area contributed by atoms with E-state index in [1.807, 2.05) is 0 Å². The van der Waals surface area contributed by atoms with Gasteiger partial charge in [0, 0.05) is 12.6 Å². The Balaban J connectivity index is 1.91. The van der Waals surface area contributed by atoms with Gasteiger partial charge in [0.25, 0.3) is 0 Å². The normalized spacial score (nSPS) is 16.7. The lowest BCUT2D eigenvalue weighted by molar-refractivity contribution is 0.338. The first-order valence-corrected chi connectivity index (χ1v) is 5.55. The zero-order valence-electron chi connectivity index (χ0n) is 9.14. The lowest BCUT2D eigenvalue weighted by Crippen LogP contribution is -2.34. The van der Waals surface area contributed by atoms with Crippen LogP contribution in [0, 0.1) is 13.8 Å². The molecule has 0 heterocycles. The van der Waals surface area contributed by atoms with Gasteiger partial charge >= 0.3 is 0 Å². The summed E-state index contributed by atoms with van der Waals surface area (Å²) in [4.78, 5) is 0. The van der Waals surface area contributed by atoms with Crippen LogP contribution in [0.4, 0.5) is 0 Å². The van der Waals surface area contributed by atoms with E-state index in [9.17, 15) is 0 Å². The molecule has 14 heavy (non-hydrogen) atoms. The Kier molecular flexibility index (Phi) is 2.87. The van der Waals surface area contributed by atoms with E-state index in [0.29, 0.717) is 0 Å². The van der Waals surface area contributed by atoms with Gasteiger partial charge in [0.2, 0.25) is 0 Å². The average molecular weight is 189 g/mol. The molecular weight excluding hydrogens is 170 g/mol. The van der Waals surface area contributed by atoms with Gasteiger partial charge in [-0.1, -0.05) is 24.6 Å². The molecule has 1 aliphatic carbocycles. The number of aryl methyl sites for hydroxylation is 2. The van der Waals surface area contributed by atoms with Crippen molar-refractivity contribution in [1.82, 2.24) is 5.32 Å². The predicted octanol–water partition coefficient (Wildman–Crippen LogP) is 2.95. The molecule has 1 aliphatic rings. The molecule has 1 aromatic rings. The molecular formula is C13H19N. The molecule has 1 heteroatoms. The molecule has 0 unspecified atom stereocenters. The Bertz CT molecular complexity index is 313. The van der Waals surface area contributed by atoms with Gasteiger partial charge in [0.15, 0.2) is 0 Å². The minimum atomic E-state index is 0.789. The maximum atomic E-state index is 3.58. The first kappa shape index (κ1) is 9.72. The van der Waals surface area contributed by atoms with Gasteiger partial charge < -0.3 is 5.32 Å². The molecule has 1 nitrogen and oxygen atoms in total. The van der Waals surface area contributed by atoms with Crippen molar-refractivity contribution < 1.29 is 0 Å². The van der Waals surface area contributed by atoms with Crippen molar-refractivity contribution in [3.05, 3.63) is 34.9 Å². The number of rotatable bonds is 3. The number of nitrogens with one attached hydrogen (secondary N) is 1. The third-order valence-corrected chi connectivity index (χ3v) is 3.27. The monoisotopic (exact) mass is 189 g/mol. The summed E-state index contributed by atoms with van der Waals surface area (Å²) in [6.45, 7) is 5.38. The molecule has 76 valence electrons. The van der Waals surface area contributed by atoms with E-state index in [-0.39, 0.29) is 0 Å². The lowest BCUT2D eigenvalue weighted by Gasteiger charge is -2.26. The molecule has 0 radical (unpaired) electrons. The number of hydrogen-bond acceptors (Lipinski definition) is 1. The maximum Gasteiger partial charge on any atom is 0.0208 e. The first-order chi connectivity index (χ1) is 6.75. The molecule has 1 fully saturated rings. The maximum absolute atomic E-state index is 3.58. The summed E-state index contributed by atoms with van der Waals surface area (Å²) in [6.07, 6.45) is 4.14. The quantitative estimate of drug-likeness (QED) is 0.771. The second-order valence-electron chi connectivity index (χ2n) is 4.43. The van der Waals surface area contributed by atoms with Crippen molar-refractivity contribution in [2.24, 2.45) is 0 Å². The van der Waals surface area contributed by atoms with Gasteiger partial charge in [0.05, 0.1) is 0 Å². The molecule has 1 aromatic carbocycles. The van der Waals surface area contributed by atoms with Gasteiger partial charge in [0.1, 0.15) is 0 Å². The van der Waals surface area contributed by atoms with E-state index < -0.39 is 0 Å². The van der Waals surface area contributed by atoms with E-state index in [0.717, 1.165) is 12.6 Å². The summed E-state index contributed by atoms with van der Waals surface area (Å²) < 4.78 is 0. The molecule has 0 amide bonds. The molecule has 0 aromatic heterocycles. The van der Waals surface area contributed by atoms with Crippen LogP contribution < -0.4 is 5.32 Å². The van der Waals surface area contributed by atoms with Crippen molar-refractivity contribution in [3.8, 4) is 0 Å². The lowest BCUT2D eigenvalue weighted by atomic mass is 9.93. The topological polar surface area (TPSA) is 12.0 Å². The zero-order valence-corrected chi connectivity index (χ0v) is 9.14. The van der Waals surface area contributed by atoms with Gasteiger partial charge in [-0.25, -0.2) is 0 Å². The van der Waals surface area contributed by atoms with Crippen LogP contribution in [0.15, 0.2) is 18.2 Å². The van der Waals surface area contributed by atoms with Gasteiger partial charge in [-0.15, -0.1) is 0 Å². The Hall–Kier alpha value is -0.820. The van der Waals surface area contributed by atoms with E-state index >= 15 is 0 Å². The van der Waals surface area contributed by atoms with Crippen LogP contribution in [0.2, 0.25) is 0 Å². The van der Waals surface area contributed by atoms with Crippen LogP contribution in [0.1, 0.15) is 36.0 Å². The van der Waals surface area contributed by atoms with Crippen molar-refractivity contribution >= 4 is 0 Å². The molecule has 1 N–H and O–H groups in total. The summed E-state index contributed by atoms with van der Waals surface area (Å²) in [5, 5.41) is 3.58. The highest BCUT2D eigenvalue weighted by atomic mass is 14.9. The second-order valence-corrected chi connectivity index (χ2v) is 4.43. The van der Waals surface area contributed by atoms with Crippen LogP contribution in [-0.2, 0) is 6.54 Å². The fraction of sp³-hybridized carbons (Fsp3) is 0.538. The van der Waals surface area contributed by atoms with Crippen molar-refractivity contribution in [2.75, 3.05) is 0 Å². The van der Waals surface area contributed by atoms with Crippen molar-refractivity contribution in [3.63, 3.8) is 0 Å². The largest absolute Gasteiger partial charge is 0.310 e. The first-order valence-electron chi connectivity index (χ1n) is 5.55. The van der Waals surface area contributed by atoms with E-state index in [2.05, 4.69) is 37.4 Å². The fourth-order valence-electron chi connectivity index (χ4n) is 1.79. The highest BCUT2D eigenvalue weighted by molar-refractivity contribution is 5.29. The summed E-state index contributed by atoms with van der Waals surface area (Å²) in [5.74, 6) is 0. The number of benzene rings is 1. The van der Waals surface area contributed by atoms with Crippen LogP contribution in [-0.4, -0.2) is 6.04 Å².